The molecule has 1 aromatic carbocycles. The zero-order valence-electron chi connectivity index (χ0n) is 13.8. The second-order valence-corrected chi connectivity index (χ2v) is 6.43. The summed E-state index contributed by atoms with van der Waals surface area (Å²) >= 11 is 1.02. The van der Waals surface area contributed by atoms with Crippen molar-refractivity contribution in [3.63, 3.8) is 0 Å². The summed E-state index contributed by atoms with van der Waals surface area (Å²) in [4.78, 5) is 36.6. The molecule has 0 atom stereocenters. The van der Waals surface area contributed by atoms with Crippen molar-refractivity contribution in [2.75, 3.05) is 12.0 Å². The number of nitrogens with zero attached hydrogens (tertiary/aromatic N) is 1. The van der Waals surface area contributed by atoms with Crippen LogP contribution < -0.4 is 9.64 Å². The van der Waals surface area contributed by atoms with E-state index in [1.807, 2.05) is 0 Å². The highest BCUT2D eigenvalue weighted by Gasteiger charge is 2.36. The molecular weight excluding hydrogens is 387 g/mol. The van der Waals surface area contributed by atoms with Gasteiger partial charge in [-0.3, -0.25) is 9.59 Å². The first kappa shape index (κ1) is 18.9. The lowest BCUT2D eigenvalue weighted by atomic mass is 10.1. The van der Waals surface area contributed by atoms with Crippen LogP contribution in [0.5, 0.6) is 11.5 Å². The summed E-state index contributed by atoms with van der Waals surface area (Å²) in [5.41, 5.74) is -1.35. The minimum Gasteiger partial charge on any atom is -0.465 e. The van der Waals surface area contributed by atoms with Crippen LogP contribution in [0.15, 0.2) is 29.6 Å². The number of amides is 2. The molecule has 6 nitrogen and oxygen atoms in total. The Balaban J connectivity index is 2.07. The number of carbonyl (C=O) groups excluding carboxylic acids is 3. The quantitative estimate of drug-likeness (QED) is 0.574. The molecule has 0 bridgehead atoms. The van der Waals surface area contributed by atoms with Crippen LogP contribution in [0.4, 0.5) is 18.9 Å². The van der Waals surface area contributed by atoms with Crippen molar-refractivity contribution in [1.29, 1.82) is 0 Å². The zero-order chi connectivity index (χ0) is 19.8. The van der Waals surface area contributed by atoms with E-state index in [0.717, 1.165) is 23.5 Å². The van der Waals surface area contributed by atoms with Crippen LogP contribution in [0.2, 0.25) is 0 Å². The molecule has 3 rings (SSSR count). The normalized spacial score (nSPS) is 14.6. The summed E-state index contributed by atoms with van der Waals surface area (Å²) < 4.78 is 49.5. The molecule has 1 aromatic heterocycles. The SMILES string of the molecule is COC(=O)c1sccc1Oc1ccc(C(F)(F)F)cc1N1C(=O)CCC1=O. The molecule has 1 aliphatic heterocycles. The Morgan fingerprint density at radius 3 is 2.37 bits per heavy atom. The van der Waals surface area contributed by atoms with E-state index in [1.165, 1.54) is 18.6 Å². The minimum atomic E-state index is -4.67. The number of esters is 1. The fourth-order valence-electron chi connectivity index (χ4n) is 2.54. The molecule has 27 heavy (non-hydrogen) atoms. The lowest BCUT2D eigenvalue weighted by Crippen LogP contribution is -2.29. The minimum absolute atomic E-state index is 0.0481. The molecule has 10 heteroatoms. The molecular formula is C17H12F3NO5S. The third kappa shape index (κ3) is 3.65. The predicted molar refractivity (Wildman–Crippen MR) is 88.9 cm³/mol. The zero-order valence-corrected chi connectivity index (χ0v) is 14.6. The summed E-state index contributed by atoms with van der Waals surface area (Å²) in [7, 11) is 1.18. The van der Waals surface area contributed by atoms with Crippen LogP contribution in [-0.4, -0.2) is 24.9 Å². The lowest BCUT2D eigenvalue weighted by Gasteiger charge is -2.20. The second-order valence-electron chi connectivity index (χ2n) is 5.51. The number of hydrogen-bond donors (Lipinski definition) is 0. The van der Waals surface area contributed by atoms with Crippen LogP contribution in [0.3, 0.4) is 0 Å². The molecule has 0 N–H and O–H groups in total. The van der Waals surface area contributed by atoms with Crippen molar-refractivity contribution in [3.8, 4) is 11.5 Å². The number of imide groups is 1. The van der Waals surface area contributed by atoms with Gasteiger partial charge in [-0.25, -0.2) is 9.69 Å². The van der Waals surface area contributed by atoms with E-state index in [2.05, 4.69) is 4.74 Å². The first-order valence-electron chi connectivity index (χ1n) is 7.63. The standard InChI is InChI=1S/C17H12F3NO5S/c1-25-16(24)15-12(6-7-27-15)26-11-3-2-9(17(18,19)20)8-10(11)21-13(22)4-5-14(21)23/h2-3,6-8H,4-5H2,1H3. The van der Waals surface area contributed by atoms with Gasteiger partial charge in [0.25, 0.3) is 0 Å². The fraction of sp³-hybridized carbons (Fsp3) is 0.235. The number of methoxy groups -OCH3 is 1. The molecule has 0 unspecified atom stereocenters. The maximum absolute atomic E-state index is 13.1. The Morgan fingerprint density at radius 1 is 1.11 bits per heavy atom. The molecule has 0 aliphatic carbocycles. The van der Waals surface area contributed by atoms with Gasteiger partial charge in [0.15, 0.2) is 16.4 Å². The van der Waals surface area contributed by atoms with E-state index >= 15 is 0 Å². The van der Waals surface area contributed by atoms with Crippen molar-refractivity contribution >= 4 is 34.8 Å². The number of halogens is 3. The van der Waals surface area contributed by atoms with Gasteiger partial charge in [-0.2, -0.15) is 13.2 Å². The molecule has 2 aromatic rings. The molecule has 2 heterocycles. The van der Waals surface area contributed by atoms with Crippen LogP contribution in [0, 0.1) is 0 Å². The molecule has 0 saturated carbocycles. The first-order valence-corrected chi connectivity index (χ1v) is 8.51. The van der Waals surface area contributed by atoms with Gasteiger partial charge in [0.1, 0.15) is 0 Å². The van der Waals surface area contributed by atoms with Gasteiger partial charge in [0.05, 0.1) is 18.4 Å². The number of rotatable bonds is 4. The highest BCUT2D eigenvalue weighted by atomic mass is 32.1. The Labute approximate surface area is 155 Å². The molecule has 142 valence electrons. The molecule has 0 radical (unpaired) electrons. The second kappa shape index (κ2) is 7.03. The monoisotopic (exact) mass is 399 g/mol. The number of hydrogen-bond acceptors (Lipinski definition) is 6. The topological polar surface area (TPSA) is 72.9 Å². The number of anilines is 1. The van der Waals surface area contributed by atoms with Crippen LogP contribution in [0.1, 0.15) is 28.1 Å². The van der Waals surface area contributed by atoms with Crippen molar-refractivity contribution in [3.05, 3.63) is 40.1 Å². The summed E-state index contributed by atoms with van der Waals surface area (Å²) in [6.07, 6.45) is -4.86. The van der Waals surface area contributed by atoms with Crippen molar-refractivity contribution in [2.45, 2.75) is 19.0 Å². The lowest BCUT2D eigenvalue weighted by molar-refractivity contribution is -0.137. The van der Waals surface area contributed by atoms with Crippen LogP contribution in [0.25, 0.3) is 0 Å². The largest absolute Gasteiger partial charge is 0.465 e. The highest BCUT2D eigenvalue weighted by Crippen LogP contribution is 2.41. The summed E-state index contributed by atoms with van der Waals surface area (Å²) in [5.74, 6) is -2.03. The third-order valence-electron chi connectivity index (χ3n) is 3.80. The van der Waals surface area contributed by atoms with Gasteiger partial charge in [0.2, 0.25) is 11.8 Å². The molecule has 1 saturated heterocycles. The van der Waals surface area contributed by atoms with E-state index in [9.17, 15) is 27.6 Å². The van der Waals surface area contributed by atoms with Crippen LogP contribution >= 0.6 is 11.3 Å². The van der Waals surface area contributed by atoms with Crippen LogP contribution in [-0.2, 0) is 20.5 Å². The average Bonchev–Trinajstić information content (AvgIpc) is 3.20. The van der Waals surface area contributed by atoms with Crippen molar-refractivity contribution < 1.29 is 37.0 Å². The number of thiophene rings is 1. The highest BCUT2D eigenvalue weighted by molar-refractivity contribution is 7.12. The van der Waals surface area contributed by atoms with E-state index < -0.39 is 29.5 Å². The van der Waals surface area contributed by atoms with E-state index in [4.69, 9.17) is 4.74 Å². The number of alkyl halides is 3. The molecule has 1 aliphatic rings. The average molecular weight is 399 g/mol. The van der Waals surface area contributed by atoms with E-state index in [1.54, 1.807) is 0 Å². The predicted octanol–water partition coefficient (Wildman–Crippen LogP) is 4.00. The Kier molecular flexibility index (Phi) is 4.92. The van der Waals surface area contributed by atoms with Gasteiger partial charge in [-0.1, -0.05) is 0 Å². The van der Waals surface area contributed by atoms with Crippen molar-refractivity contribution in [2.24, 2.45) is 0 Å². The van der Waals surface area contributed by atoms with Gasteiger partial charge in [-0.15, -0.1) is 11.3 Å². The summed E-state index contributed by atoms with van der Waals surface area (Å²) in [5, 5.41) is 1.54. The van der Waals surface area contributed by atoms with E-state index in [-0.39, 0.29) is 34.9 Å². The fourth-order valence-corrected chi connectivity index (χ4v) is 3.27. The smallest absolute Gasteiger partial charge is 0.416 e. The number of carbonyl (C=O) groups is 3. The molecule has 2 amide bonds. The Morgan fingerprint density at radius 2 is 1.78 bits per heavy atom. The maximum Gasteiger partial charge on any atom is 0.416 e. The van der Waals surface area contributed by atoms with Gasteiger partial charge in [0, 0.05) is 12.8 Å². The summed E-state index contributed by atoms with van der Waals surface area (Å²) in [6.45, 7) is 0. The van der Waals surface area contributed by atoms with E-state index in [0.29, 0.717) is 11.0 Å². The molecule has 0 spiro atoms. The summed E-state index contributed by atoms with van der Waals surface area (Å²) in [6, 6.07) is 3.90. The van der Waals surface area contributed by atoms with Gasteiger partial charge >= 0.3 is 12.1 Å². The van der Waals surface area contributed by atoms with Gasteiger partial charge < -0.3 is 9.47 Å². The maximum atomic E-state index is 13.1. The Bertz CT molecular complexity index is 906. The van der Waals surface area contributed by atoms with Gasteiger partial charge in [-0.05, 0) is 29.6 Å². The number of benzene rings is 1. The Hall–Kier alpha value is -2.88. The number of ether oxygens (including phenoxy) is 2. The first-order chi connectivity index (χ1) is 12.7. The third-order valence-corrected chi connectivity index (χ3v) is 4.67. The molecule has 1 fully saturated rings. The van der Waals surface area contributed by atoms with Crippen molar-refractivity contribution in [1.82, 2.24) is 0 Å².